The van der Waals surface area contributed by atoms with Crippen molar-refractivity contribution < 1.29 is 0 Å². The zero-order valence-corrected chi connectivity index (χ0v) is 13.3. The van der Waals surface area contributed by atoms with Gasteiger partial charge in [0.25, 0.3) is 0 Å². The fraction of sp³-hybridized carbons (Fsp3) is 0.438. The molecule has 0 bridgehead atoms. The first-order valence-electron chi connectivity index (χ1n) is 7.12. The van der Waals surface area contributed by atoms with Crippen LogP contribution in [0.2, 0.25) is 0 Å². The maximum atomic E-state index is 4.42. The number of aryl methyl sites for hydroxylation is 1. The van der Waals surface area contributed by atoms with Gasteiger partial charge in [-0.2, -0.15) is 0 Å². The van der Waals surface area contributed by atoms with Gasteiger partial charge >= 0.3 is 0 Å². The van der Waals surface area contributed by atoms with Crippen LogP contribution in [0.3, 0.4) is 0 Å². The zero-order valence-electron chi connectivity index (χ0n) is 12.5. The highest BCUT2D eigenvalue weighted by Gasteiger charge is 2.07. The lowest BCUT2D eigenvalue weighted by Gasteiger charge is -2.15. The van der Waals surface area contributed by atoms with E-state index in [-0.39, 0.29) is 0 Å². The highest BCUT2D eigenvalue weighted by atomic mass is 32.2. The van der Waals surface area contributed by atoms with E-state index in [0.717, 1.165) is 25.3 Å². The molecule has 1 N–H and O–H groups in total. The summed E-state index contributed by atoms with van der Waals surface area (Å²) >= 11 is 1.77. The Morgan fingerprint density at radius 2 is 2.05 bits per heavy atom. The first kappa shape index (κ1) is 15.1. The third-order valence-electron chi connectivity index (χ3n) is 3.45. The summed E-state index contributed by atoms with van der Waals surface area (Å²) in [4.78, 5) is 5.73. The molecule has 0 fully saturated rings. The molecular formula is C16H23N3S. The van der Waals surface area contributed by atoms with Crippen molar-refractivity contribution in [3.8, 4) is 0 Å². The first-order chi connectivity index (χ1) is 9.74. The summed E-state index contributed by atoms with van der Waals surface area (Å²) in [5.41, 5.74) is 1.32. The molecule has 0 aliphatic rings. The van der Waals surface area contributed by atoms with Crippen LogP contribution in [0.15, 0.2) is 41.6 Å². The van der Waals surface area contributed by atoms with Gasteiger partial charge in [0.15, 0.2) is 0 Å². The zero-order chi connectivity index (χ0) is 14.4. The van der Waals surface area contributed by atoms with Crippen LogP contribution in [0.5, 0.6) is 0 Å². The number of hydrogen-bond donors (Lipinski definition) is 1. The second-order valence-corrected chi connectivity index (χ2v) is 5.79. The van der Waals surface area contributed by atoms with E-state index in [0.29, 0.717) is 6.04 Å². The van der Waals surface area contributed by atoms with Crippen LogP contribution in [-0.4, -0.2) is 15.8 Å². The number of rotatable bonds is 7. The molecule has 4 heteroatoms. The van der Waals surface area contributed by atoms with Crippen molar-refractivity contribution in [1.29, 1.82) is 0 Å². The van der Waals surface area contributed by atoms with E-state index in [1.807, 2.05) is 6.20 Å². The topological polar surface area (TPSA) is 29.9 Å². The van der Waals surface area contributed by atoms with E-state index >= 15 is 0 Å². The minimum atomic E-state index is 0.331. The third kappa shape index (κ3) is 3.87. The highest BCUT2D eigenvalue weighted by Crippen LogP contribution is 2.19. The fourth-order valence-electron chi connectivity index (χ4n) is 2.21. The predicted octanol–water partition coefficient (Wildman–Crippen LogP) is 3.87. The van der Waals surface area contributed by atoms with Crippen LogP contribution in [-0.2, 0) is 13.1 Å². The van der Waals surface area contributed by atoms with Crippen molar-refractivity contribution >= 4 is 11.8 Å². The molecule has 0 radical (unpaired) electrons. The molecule has 3 nitrogen and oxygen atoms in total. The Labute approximate surface area is 125 Å². The maximum Gasteiger partial charge on any atom is 0.122 e. The van der Waals surface area contributed by atoms with Crippen LogP contribution in [0, 0.1) is 0 Å². The predicted molar refractivity (Wildman–Crippen MR) is 86.0 cm³/mol. The van der Waals surface area contributed by atoms with E-state index in [1.54, 1.807) is 11.8 Å². The largest absolute Gasteiger partial charge is 0.334 e. The minimum absolute atomic E-state index is 0.331. The molecule has 2 aromatic rings. The lowest BCUT2D eigenvalue weighted by atomic mass is 10.1. The molecule has 0 amide bonds. The van der Waals surface area contributed by atoms with Gasteiger partial charge in [-0.25, -0.2) is 4.98 Å². The third-order valence-corrected chi connectivity index (χ3v) is 4.19. The van der Waals surface area contributed by atoms with Crippen LogP contribution < -0.4 is 5.32 Å². The summed E-state index contributed by atoms with van der Waals surface area (Å²) in [7, 11) is 0. The molecule has 0 aliphatic heterocycles. The summed E-state index contributed by atoms with van der Waals surface area (Å²) in [5, 5.41) is 3.55. The van der Waals surface area contributed by atoms with Gasteiger partial charge in [0.1, 0.15) is 5.82 Å². The summed E-state index contributed by atoms with van der Waals surface area (Å²) < 4.78 is 2.22. The van der Waals surface area contributed by atoms with Gasteiger partial charge < -0.3 is 9.88 Å². The summed E-state index contributed by atoms with van der Waals surface area (Å²) in [6, 6.07) is 9.08. The normalized spacial score (nSPS) is 12.6. The standard InChI is InChI=1S/C16H23N3S/c1-4-10-19-11-9-17-16(19)12-18-13(2)14-5-7-15(20-3)8-6-14/h5-9,11,13,18H,4,10,12H2,1-3H3. The van der Waals surface area contributed by atoms with Crippen molar-refractivity contribution in [2.45, 2.75) is 44.3 Å². The maximum absolute atomic E-state index is 4.42. The van der Waals surface area contributed by atoms with E-state index in [1.165, 1.54) is 10.5 Å². The van der Waals surface area contributed by atoms with Crippen molar-refractivity contribution in [1.82, 2.24) is 14.9 Å². The molecule has 0 saturated heterocycles. The Hall–Kier alpha value is -1.26. The van der Waals surface area contributed by atoms with Gasteiger partial charge in [-0.3, -0.25) is 0 Å². The van der Waals surface area contributed by atoms with E-state index in [9.17, 15) is 0 Å². The van der Waals surface area contributed by atoms with Crippen LogP contribution >= 0.6 is 11.8 Å². The van der Waals surface area contributed by atoms with E-state index in [2.05, 4.69) is 65.4 Å². The Balaban J connectivity index is 1.93. The average molecular weight is 289 g/mol. The second-order valence-electron chi connectivity index (χ2n) is 4.91. The molecule has 1 atom stereocenters. The molecule has 0 aliphatic carbocycles. The van der Waals surface area contributed by atoms with Gasteiger partial charge in [-0.15, -0.1) is 11.8 Å². The van der Waals surface area contributed by atoms with Gasteiger partial charge in [0, 0.05) is 29.9 Å². The van der Waals surface area contributed by atoms with Crippen molar-refractivity contribution in [2.75, 3.05) is 6.26 Å². The summed E-state index contributed by atoms with van der Waals surface area (Å²) in [6.07, 6.45) is 7.17. The summed E-state index contributed by atoms with van der Waals surface area (Å²) in [6.45, 7) is 6.22. The molecule has 1 aromatic heterocycles. The van der Waals surface area contributed by atoms with Gasteiger partial charge in [-0.1, -0.05) is 19.1 Å². The van der Waals surface area contributed by atoms with Crippen molar-refractivity contribution in [3.63, 3.8) is 0 Å². The molecule has 0 saturated carbocycles. The Bertz CT molecular complexity index is 519. The van der Waals surface area contributed by atoms with Gasteiger partial charge in [0.05, 0.1) is 6.54 Å². The SMILES string of the molecule is CCCn1ccnc1CNC(C)c1ccc(SC)cc1. The molecule has 0 spiro atoms. The summed E-state index contributed by atoms with van der Waals surface area (Å²) in [5.74, 6) is 1.11. The Morgan fingerprint density at radius 1 is 1.30 bits per heavy atom. The fourth-order valence-corrected chi connectivity index (χ4v) is 2.61. The van der Waals surface area contributed by atoms with Crippen LogP contribution in [0.1, 0.15) is 37.7 Å². The van der Waals surface area contributed by atoms with Crippen molar-refractivity contribution in [3.05, 3.63) is 48.0 Å². The highest BCUT2D eigenvalue weighted by molar-refractivity contribution is 7.98. The lowest BCUT2D eigenvalue weighted by Crippen LogP contribution is -2.20. The number of nitrogens with one attached hydrogen (secondary N) is 1. The molecule has 1 unspecified atom stereocenters. The number of hydrogen-bond acceptors (Lipinski definition) is 3. The second kappa shape index (κ2) is 7.50. The quantitative estimate of drug-likeness (QED) is 0.785. The first-order valence-corrected chi connectivity index (χ1v) is 8.34. The molecule has 1 aromatic carbocycles. The molecular weight excluding hydrogens is 266 g/mol. The number of aromatic nitrogens is 2. The van der Waals surface area contributed by atoms with Crippen LogP contribution in [0.25, 0.3) is 0 Å². The van der Waals surface area contributed by atoms with Gasteiger partial charge in [0.2, 0.25) is 0 Å². The monoisotopic (exact) mass is 289 g/mol. The Morgan fingerprint density at radius 3 is 2.70 bits per heavy atom. The Kier molecular flexibility index (Phi) is 5.68. The molecule has 108 valence electrons. The smallest absolute Gasteiger partial charge is 0.122 e. The average Bonchev–Trinajstić information content (AvgIpc) is 2.92. The minimum Gasteiger partial charge on any atom is -0.334 e. The van der Waals surface area contributed by atoms with Crippen molar-refractivity contribution in [2.24, 2.45) is 0 Å². The van der Waals surface area contributed by atoms with E-state index in [4.69, 9.17) is 0 Å². The van der Waals surface area contributed by atoms with E-state index < -0.39 is 0 Å². The number of imidazole rings is 1. The number of benzene rings is 1. The van der Waals surface area contributed by atoms with Gasteiger partial charge in [-0.05, 0) is 37.3 Å². The lowest BCUT2D eigenvalue weighted by molar-refractivity contribution is 0.532. The number of nitrogens with zero attached hydrogens (tertiary/aromatic N) is 2. The number of thioether (sulfide) groups is 1. The molecule has 2 rings (SSSR count). The molecule has 20 heavy (non-hydrogen) atoms. The van der Waals surface area contributed by atoms with Crippen LogP contribution in [0.4, 0.5) is 0 Å². The molecule has 1 heterocycles.